The second kappa shape index (κ2) is 9.31. The predicted molar refractivity (Wildman–Crippen MR) is 84.5 cm³/mol. The van der Waals surface area contributed by atoms with Gasteiger partial charge in [-0.3, -0.25) is 15.0 Å². The molecule has 0 saturated carbocycles. The van der Waals surface area contributed by atoms with Crippen LogP contribution in [0.1, 0.15) is 32.3 Å². The largest absolute Gasteiger partial charge is 0.395 e. The SMILES string of the molecule is CCCCN(CCO)Cc1ccc(NCC)c([N+](=O)[O-])c1. The van der Waals surface area contributed by atoms with Gasteiger partial charge in [-0.25, -0.2) is 0 Å². The van der Waals surface area contributed by atoms with Gasteiger partial charge in [0.1, 0.15) is 5.69 Å². The number of nitro groups is 1. The third-order valence-electron chi connectivity index (χ3n) is 3.28. The van der Waals surface area contributed by atoms with Gasteiger partial charge in [0, 0.05) is 25.7 Å². The van der Waals surface area contributed by atoms with Crippen LogP contribution in [-0.4, -0.2) is 41.2 Å². The number of nitrogens with one attached hydrogen (secondary N) is 1. The highest BCUT2D eigenvalue weighted by molar-refractivity contribution is 5.62. The molecule has 0 aliphatic rings. The number of aliphatic hydroxyl groups is 1. The fraction of sp³-hybridized carbons (Fsp3) is 0.600. The molecule has 0 saturated heterocycles. The molecule has 0 bridgehead atoms. The van der Waals surface area contributed by atoms with Crippen molar-refractivity contribution < 1.29 is 10.0 Å². The van der Waals surface area contributed by atoms with Crippen LogP contribution in [0.15, 0.2) is 18.2 Å². The highest BCUT2D eigenvalue weighted by atomic mass is 16.6. The van der Waals surface area contributed by atoms with E-state index in [2.05, 4.69) is 17.1 Å². The topological polar surface area (TPSA) is 78.6 Å². The Morgan fingerprint density at radius 2 is 2.10 bits per heavy atom. The third kappa shape index (κ3) is 5.69. The Morgan fingerprint density at radius 1 is 1.33 bits per heavy atom. The summed E-state index contributed by atoms with van der Waals surface area (Å²) in [5.74, 6) is 0. The van der Waals surface area contributed by atoms with Crippen LogP contribution in [0, 0.1) is 10.1 Å². The van der Waals surface area contributed by atoms with E-state index in [0.29, 0.717) is 25.3 Å². The van der Waals surface area contributed by atoms with Crippen LogP contribution < -0.4 is 5.32 Å². The van der Waals surface area contributed by atoms with Gasteiger partial charge in [0.15, 0.2) is 0 Å². The summed E-state index contributed by atoms with van der Waals surface area (Å²) in [5, 5.41) is 23.3. The lowest BCUT2D eigenvalue weighted by Gasteiger charge is -2.21. The number of hydrogen-bond acceptors (Lipinski definition) is 5. The molecule has 0 spiro atoms. The molecule has 0 aromatic heterocycles. The number of unbranched alkanes of at least 4 members (excludes halogenated alkanes) is 1. The van der Waals surface area contributed by atoms with Crippen LogP contribution >= 0.6 is 0 Å². The summed E-state index contributed by atoms with van der Waals surface area (Å²) in [5.41, 5.74) is 1.55. The number of hydrogen-bond donors (Lipinski definition) is 2. The van der Waals surface area contributed by atoms with Crippen LogP contribution in [0.25, 0.3) is 0 Å². The number of nitrogens with zero attached hydrogens (tertiary/aromatic N) is 2. The Labute approximate surface area is 125 Å². The smallest absolute Gasteiger partial charge is 0.292 e. The van der Waals surface area contributed by atoms with Crippen molar-refractivity contribution in [2.24, 2.45) is 0 Å². The number of rotatable bonds is 10. The summed E-state index contributed by atoms with van der Waals surface area (Å²) in [4.78, 5) is 12.9. The van der Waals surface area contributed by atoms with E-state index in [0.717, 1.165) is 24.9 Å². The highest BCUT2D eigenvalue weighted by Gasteiger charge is 2.15. The van der Waals surface area contributed by atoms with E-state index in [1.165, 1.54) is 0 Å². The van der Waals surface area contributed by atoms with Crippen molar-refractivity contribution in [3.05, 3.63) is 33.9 Å². The summed E-state index contributed by atoms with van der Waals surface area (Å²) in [7, 11) is 0. The maximum absolute atomic E-state index is 11.1. The Kier molecular flexibility index (Phi) is 7.71. The van der Waals surface area contributed by atoms with E-state index in [-0.39, 0.29) is 17.2 Å². The van der Waals surface area contributed by atoms with E-state index in [9.17, 15) is 10.1 Å². The minimum Gasteiger partial charge on any atom is -0.395 e. The first-order valence-corrected chi connectivity index (χ1v) is 7.46. The molecule has 0 aliphatic carbocycles. The Morgan fingerprint density at radius 3 is 2.67 bits per heavy atom. The van der Waals surface area contributed by atoms with Gasteiger partial charge in [-0.15, -0.1) is 0 Å². The van der Waals surface area contributed by atoms with Gasteiger partial charge in [0.25, 0.3) is 5.69 Å². The zero-order valence-corrected chi connectivity index (χ0v) is 12.8. The van der Waals surface area contributed by atoms with Crippen molar-refractivity contribution in [3.8, 4) is 0 Å². The van der Waals surface area contributed by atoms with Crippen molar-refractivity contribution in [3.63, 3.8) is 0 Å². The summed E-state index contributed by atoms with van der Waals surface area (Å²) in [6.07, 6.45) is 2.14. The average molecular weight is 295 g/mol. The van der Waals surface area contributed by atoms with E-state index in [1.54, 1.807) is 12.1 Å². The molecule has 0 radical (unpaired) electrons. The molecule has 1 aromatic carbocycles. The molecule has 0 amide bonds. The van der Waals surface area contributed by atoms with Crippen LogP contribution in [0.5, 0.6) is 0 Å². The Hall–Kier alpha value is -1.66. The van der Waals surface area contributed by atoms with Crippen LogP contribution in [0.2, 0.25) is 0 Å². The molecule has 2 N–H and O–H groups in total. The van der Waals surface area contributed by atoms with E-state index >= 15 is 0 Å². The number of anilines is 1. The molecule has 0 unspecified atom stereocenters. The normalized spacial score (nSPS) is 10.9. The molecular formula is C15H25N3O3. The van der Waals surface area contributed by atoms with Crippen molar-refractivity contribution in [2.75, 3.05) is 31.6 Å². The van der Waals surface area contributed by atoms with Crippen LogP contribution in [-0.2, 0) is 6.54 Å². The lowest BCUT2D eigenvalue weighted by atomic mass is 10.1. The zero-order chi connectivity index (χ0) is 15.7. The first-order valence-electron chi connectivity index (χ1n) is 7.46. The van der Waals surface area contributed by atoms with Gasteiger partial charge in [-0.1, -0.05) is 19.4 Å². The van der Waals surface area contributed by atoms with Gasteiger partial charge < -0.3 is 10.4 Å². The van der Waals surface area contributed by atoms with Gasteiger partial charge in [0.2, 0.25) is 0 Å². The zero-order valence-electron chi connectivity index (χ0n) is 12.8. The van der Waals surface area contributed by atoms with E-state index in [1.807, 2.05) is 13.0 Å². The number of aliphatic hydroxyl groups excluding tert-OH is 1. The Bertz CT molecular complexity index is 452. The molecular weight excluding hydrogens is 270 g/mol. The first-order chi connectivity index (χ1) is 10.1. The second-order valence-electron chi connectivity index (χ2n) is 4.99. The Balaban J connectivity index is 2.86. The minimum absolute atomic E-state index is 0.0985. The maximum Gasteiger partial charge on any atom is 0.292 e. The number of nitro benzene ring substituents is 1. The van der Waals surface area contributed by atoms with Crippen LogP contribution in [0.3, 0.4) is 0 Å². The van der Waals surface area contributed by atoms with Crippen molar-refractivity contribution in [2.45, 2.75) is 33.2 Å². The molecule has 6 heteroatoms. The van der Waals surface area contributed by atoms with Crippen molar-refractivity contribution in [1.29, 1.82) is 0 Å². The third-order valence-corrected chi connectivity index (χ3v) is 3.28. The highest BCUT2D eigenvalue weighted by Crippen LogP contribution is 2.26. The van der Waals surface area contributed by atoms with E-state index < -0.39 is 0 Å². The predicted octanol–water partition coefficient (Wildman–Crippen LogP) is 2.62. The fourth-order valence-electron chi connectivity index (χ4n) is 2.22. The fourth-order valence-corrected chi connectivity index (χ4v) is 2.22. The second-order valence-corrected chi connectivity index (χ2v) is 4.99. The van der Waals surface area contributed by atoms with Gasteiger partial charge in [-0.05, 0) is 31.5 Å². The average Bonchev–Trinajstić information content (AvgIpc) is 2.46. The molecule has 0 fully saturated rings. The molecule has 21 heavy (non-hydrogen) atoms. The summed E-state index contributed by atoms with van der Waals surface area (Å²) < 4.78 is 0. The van der Waals surface area contributed by atoms with Gasteiger partial charge >= 0.3 is 0 Å². The molecule has 118 valence electrons. The van der Waals surface area contributed by atoms with E-state index in [4.69, 9.17) is 5.11 Å². The summed E-state index contributed by atoms with van der Waals surface area (Å²) in [6, 6.07) is 5.28. The minimum atomic E-state index is -0.357. The summed E-state index contributed by atoms with van der Waals surface area (Å²) in [6.45, 7) is 6.86. The summed E-state index contributed by atoms with van der Waals surface area (Å²) >= 11 is 0. The molecule has 1 aromatic rings. The lowest BCUT2D eigenvalue weighted by Crippen LogP contribution is -2.27. The standard InChI is InChI=1S/C15H25N3O3/c1-3-5-8-17(9-10-19)12-13-6-7-14(16-4-2)15(11-13)18(20)21/h6-7,11,16,19H,3-5,8-10,12H2,1-2H3. The monoisotopic (exact) mass is 295 g/mol. The quantitative estimate of drug-likeness (QED) is 0.512. The number of benzene rings is 1. The van der Waals surface area contributed by atoms with Gasteiger partial charge in [0.05, 0.1) is 11.5 Å². The lowest BCUT2D eigenvalue weighted by molar-refractivity contribution is -0.384. The first kappa shape index (κ1) is 17.4. The van der Waals surface area contributed by atoms with Crippen molar-refractivity contribution in [1.82, 2.24) is 4.90 Å². The molecule has 0 heterocycles. The van der Waals surface area contributed by atoms with Gasteiger partial charge in [-0.2, -0.15) is 0 Å². The molecule has 6 nitrogen and oxygen atoms in total. The van der Waals surface area contributed by atoms with Crippen molar-refractivity contribution >= 4 is 11.4 Å². The molecule has 0 atom stereocenters. The molecule has 1 rings (SSSR count). The maximum atomic E-state index is 11.1. The van der Waals surface area contributed by atoms with Crippen LogP contribution in [0.4, 0.5) is 11.4 Å². The molecule has 0 aliphatic heterocycles.